The second kappa shape index (κ2) is 4.78. The van der Waals surface area contributed by atoms with Gasteiger partial charge in [0.25, 0.3) is 0 Å². The minimum Gasteiger partial charge on any atom is -0.399 e. The molecule has 0 saturated carbocycles. The number of rotatable bonds is 2. The van der Waals surface area contributed by atoms with E-state index in [1.165, 1.54) is 11.1 Å². The normalized spacial score (nSPS) is 17.3. The molecule has 1 unspecified atom stereocenters. The van der Waals surface area contributed by atoms with Crippen LogP contribution in [0.5, 0.6) is 0 Å². The predicted molar refractivity (Wildman–Crippen MR) is 81.7 cm³/mol. The van der Waals surface area contributed by atoms with E-state index >= 15 is 0 Å². The SMILES string of the molecule is Cc1c(Cl)cccc1NC1CCc2cc(N)ccc21. The number of nitrogen functional groups attached to an aromatic ring is 1. The highest BCUT2D eigenvalue weighted by Crippen LogP contribution is 2.36. The second-order valence-electron chi connectivity index (χ2n) is 5.11. The molecule has 2 nitrogen and oxygen atoms in total. The molecular weight excluding hydrogens is 256 g/mol. The van der Waals surface area contributed by atoms with Crippen molar-refractivity contribution in [3.8, 4) is 0 Å². The Balaban J connectivity index is 1.89. The highest BCUT2D eigenvalue weighted by Gasteiger charge is 2.22. The summed E-state index contributed by atoms with van der Waals surface area (Å²) in [5.41, 5.74) is 11.6. The lowest BCUT2D eigenvalue weighted by Crippen LogP contribution is -2.08. The molecule has 1 aliphatic carbocycles. The molecule has 2 aromatic carbocycles. The van der Waals surface area contributed by atoms with E-state index in [2.05, 4.69) is 23.5 Å². The fourth-order valence-corrected chi connectivity index (χ4v) is 2.91. The van der Waals surface area contributed by atoms with Crippen molar-refractivity contribution in [2.24, 2.45) is 0 Å². The number of hydrogen-bond donors (Lipinski definition) is 2. The lowest BCUT2D eigenvalue weighted by atomic mass is 10.1. The van der Waals surface area contributed by atoms with Crippen LogP contribution in [0.3, 0.4) is 0 Å². The molecule has 0 aromatic heterocycles. The van der Waals surface area contributed by atoms with Gasteiger partial charge in [0.1, 0.15) is 0 Å². The molecule has 3 N–H and O–H groups in total. The number of hydrogen-bond acceptors (Lipinski definition) is 2. The summed E-state index contributed by atoms with van der Waals surface area (Å²) < 4.78 is 0. The van der Waals surface area contributed by atoms with Gasteiger partial charge in [-0.1, -0.05) is 23.7 Å². The molecule has 19 heavy (non-hydrogen) atoms. The van der Waals surface area contributed by atoms with E-state index in [1.807, 2.05) is 25.1 Å². The smallest absolute Gasteiger partial charge is 0.0519 e. The van der Waals surface area contributed by atoms with Gasteiger partial charge < -0.3 is 11.1 Å². The maximum Gasteiger partial charge on any atom is 0.0519 e. The van der Waals surface area contributed by atoms with Crippen LogP contribution in [-0.2, 0) is 6.42 Å². The van der Waals surface area contributed by atoms with E-state index in [0.717, 1.165) is 34.8 Å². The Bertz CT molecular complexity index is 622. The first-order valence-electron chi connectivity index (χ1n) is 6.55. The van der Waals surface area contributed by atoms with E-state index in [9.17, 15) is 0 Å². The van der Waals surface area contributed by atoms with Gasteiger partial charge in [-0.2, -0.15) is 0 Å². The van der Waals surface area contributed by atoms with E-state index < -0.39 is 0 Å². The van der Waals surface area contributed by atoms with Gasteiger partial charge in [0.2, 0.25) is 0 Å². The number of nitrogens with two attached hydrogens (primary N) is 1. The Morgan fingerprint density at radius 3 is 2.95 bits per heavy atom. The molecule has 0 fully saturated rings. The third kappa shape index (κ3) is 2.28. The van der Waals surface area contributed by atoms with Crippen molar-refractivity contribution in [1.82, 2.24) is 0 Å². The minimum atomic E-state index is 0.354. The summed E-state index contributed by atoms with van der Waals surface area (Å²) in [5, 5.41) is 4.41. The van der Waals surface area contributed by atoms with Gasteiger partial charge >= 0.3 is 0 Å². The van der Waals surface area contributed by atoms with Crippen molar-refractivity contribution in [2.75, 3.05) is 11.1 Å². The molecule has 0 spiro atoms. The van der Waals surface area contributed by atoms with E-state index in [1.54, 1.807) is 0 Å². The zero-order valence-corrected chi connectivity index (χ0v) is 11.7. The summed E-state index contributed by atoms with van der Waals surface area (Å²) >= 11 is 6.16. The van der Waals surface area contributed by atoms with E-state index in [-0.39, 0.29) is 0 Å². The molecule has 2 aromatic rings. The van der Waals surface area contributed by atoms with Crippen LogP contribution in [0.1, 0.15) is 29.2 Å². The number of nitrogens with one attached hydrogen (secondary N) is 1. The van der Waals surface area contributed by atoms with Gasteiger partial charge in [0.05, 0.1) is 6.04 Å². The van der Waals surface area contributed by atoms with Crippen molar-refractivity contribution in [2.45, 2.75) is 25.8 Å². The number of halogens is 1. The zero-order valence-electron chi connectivity index (χ0n) is 10.9. The van der Waals surface area contributed by atoms with Crippen LogP contribution < -0.4 is 11.1 Å². The lowest BCUT2D eigenvalue weighted by molar-refractivity contribution is 0.761. The molecular formula is C16H17ClN2. The van der Waals surface area contributed by atoms with Crippen molar-refractivity contribution in [3.05, 3.63) is 58.1 Å². The summed E-state index contributed by atoms with van der Waals surface area (Å²) in [6, 6.07) is 12.5. The number of aryl methyl sites for hydroxylation is 1. The van der Waals surface area contributed by atoms with Gasteiger partial charge in [0, 0.05) is 16.4 Å². The lowest BCUT2D eigenvalue weighted by Gasteiger charge is -2.18. The standard InChI is InChI=1S/C16H17ClN2/c1-10-14(17)3-2-4-15(10)19-16-8-5-11-9-12(18)6-7-13(11)16/h2-4,6-7,9,16,19H,5,8,18H2,1H3. The number of anilines is 2. The Hall–Kier alpha value is -1.67. The average molecular weight is 273 g/mol. The first-order valence-corrected chi connectivity index (χ1v) is 6.93. The van der Waals surface area contributed by atoms with Crippen LogP contribution in [-0.4, -0.2) is 0 Å². The fraction of sp³-hybridized carbons (Fsp3) is 0.250. The Morgan fingerprint density at radius 1 is 1.26 bits per heavy atom. The summed E-state index contributed by atoms with van der Waals surface area (Å²) in [7, 11) is 0. The van der Waals surface area contributed by atoms with Crippen LogP contribution in [0.15, 0.2) is 36.4 Å². The summed E-state index contributed by atoms with van der Waals surface area (Å²) in [5.74, 6) is 0. The monoisotopic (exact) mass is 272 g/mol. The fourth-order valence-electron chi connectivity index (χ4n) is 2.74. The third-order valence-electron chi connectivity index (χ3n) is 3.84. The molecule has 0 heterocycles. The Labute approximate surface area is 118 Å². The molecule has 0 aliphatic heterocycles. The zero-order chi connectivity index (χ0) is 13.4. The topological polar surface area (TPSA) is 38.0 Å². The maximum atomic E-state index is 6.16. The van der Waals surface area contributed by atoms with Crippen LogP contribution >= 0.6 is 11.6 Å². The van der Waals surface area contributed by atoms with Gasteiger partial charge in [-0.25, -0.2) is 0 Å². The van der Waals surface area contributed by atoms with Crippen molar-refractivity contribution in [1.29, 1.82) is 0 Å². The Kier molecular flexibility index (Phi) is 3.11. The molecule has 0 amide bonds. The van der Waals surface area contributed by atoms with Crippen LogP contribution in [0, 0.1) is 6.92 Å². The van der Waals surface area contributed by atoms with Crippen molar-refractivity contribution < 1.29 is 0 Å². The second-order valence-corrected chi connectivity index (χ2v) is 5.51. The predicted octanol–water partition coefficient (Wildman–Crippen LogP) is 4.33. The largest absolute Gasteiger partial charge is 0.399 e. The van der Waals surface area contributed by atoms with Gasteiger partial charge in [-0.3, -0.25) is 0 Å². The first kappa shape index (κ1) is 12.4. The third-order valence-corrected chi connectivity index (χ3v) is 4.25. The van der Waals surface area contributed by atoms with E-state index in [4.69, 9.17) is 17.3 Å². The highest BCUT2D eigenvalue weighted by molar-refractivity contribution is 6.31. The van der Waals surface area contributed by atoms with Crippen LogP contribution in [0.25, 0.3) is 0 Å². The maximum absolute atomic E-state index is 6.16. The number of benzene rings is 2. The van der Waals surface area contributed by atoms with E-state index in [0.29, 0.717) is 6.04 Å². The highest BCUT2D eigenvalue weighted by atomic mass is 35.5. The summed E-state index contributed by atoms with van der Waals surface area (Å²) in [4.78, 5) is 0. The summed E-state index contributed by atoms with van der Waals surface area (Å²) in [6.45, 7) is 2.05. The minimum absolute atomic E-state index is 0.354. The average Bonchev–Trinajstić information content (AvgIpc) is 2.77. The molecule has 0 bridgehead atoms. The van der Waals surface area contributed by atoms with Crippen molar-refractivity contribution in [3.63, 3.8) is 0 Å². The Morgan fingerprint density at radius 2 is 2.11 bits per heavy atom. The van der Waals surface area contributed by atoms with Gasteiger partial charge in [-0.15, -0.1) is 0 Å². The molecule has 3 heteroatoms. The molecule has 0 saturated heterocycles. The number of fused-ring (bicyclic) bond motifs is 1. The van der Waals surface area contributed by atoms with Crippen LogP contribution in [0.4, 0.5) is 11.4 Å². The summed E-state index contributed by atoms with van der Waals surface area (Å²) in [6.07, 6.45) is 2.18. The molecule has 1 aliphatic rings. The van der Waals surface area contributed by atoms with Gasteiger partial charge in [0.15, 0.2) is 0 Å². The van der Waals surface area contributed by atoms with Crippen molar-refractivity contribution >= 4 is 23.0 Å². The van der Waals surface area contributed by atoms with Gasteiger partial charge in [-0.05, 0) is 60.7 Å². The molecule has 98 valence electrons. The molecule has 3 rings (SSSR count). The first-order chi connectivity index (χ1) is 9.15. The quantitative estimate of drug-likeness (QED) is 0.799. The van der Waals surface area contributed by atoms with Crippen LogP contribution in [0.2, 0.25) is 5.02 Å². The molecule has 0 radical (unpaired) electrons. The molecule has 1 atom stereocenters.